The van der Waals surface area contributed by atoms with Crippen LogP contribution in [-0.4, -0.2) is 37.1 Å². The predicted octanol–water partition coefficient (Wildman–Crippen LogP) is 3.80. The largest absolute Gasteiger partial charge is 0.493 e. The van der Waals surface area contributed by atoms with Crippen LogP contribution in [-0.2, 0) is 4.79 Å². The van der Waals surface area contributed by atoms with Gasteiger partial charge in [-0.1, -0.05) is 0 Å². The second-order valence-electron chi connectivity index (χ2n) is 6.52. The number of rotatable bonds is 5. The minimum absolute atomic E-state index is 0.194. The van der Waals surface area contributed by atoms with Crippen molar-refractivity contribution in [3.05, 3.63) is 47.3 Å². The normalized spacial score (nSPS) is 14.9. The molecule has 0 saturated carbocycles. The molecule has 3 aromatic rings. The summed E-state index contributed by atoms with van der Waals surface area (Å²) in [6, 6.07) is 10.4. The Hall–Kier alpha value is -3.59. The Morgan fingerprint density at radius 3 is 2.73 bits per heavy atom. The summed E-state index contributed by atoms with van der Waals surface area (Å²) in [5.41, 5.74) is 2.50. The Morgan fingerprint density at radius 1 is 1.17 bits per heavy atom. The van der Waals surface area contributed by atoms with Crippen molar-refractivity contribution in [3.8, 4) is 28.5 Å². The number of hydrogen-bond acceptors (Lipinski definition) is 7. The number of carbonyl (C=O) groups is 2. The van der Waals surface area contributed by atoms with Gasteiger partial charge in [0.25, 0.3) is 11.8 Å². The number of fused-ring (bicyclic) bond motifs is 1. The van der Waals surface area contributed by atoms with E-state index in [-0.39, 0.29) is 11.8 Å². The van der Waals surface area contributed by atoms with Gasteiger partial charge in [-0.3, -0.25) is 14.9 Å². The molecule has 0 aliphatic carbocycles. The minimum atomic E-state index is -0.527. The number of aromatic nitrogens is 1. The van der Waals surface area contributed by atoms with Crippen molar-refractivity contribution in [1.82, 2.24) is 4.98 Å². The first-order valence-corrected chi connectivity index (χ1v) is 9.97. The number of nitrogens with zero attached hydrogens (tertiary/aromatic N) is 1. The third-order valence-corrected chi connectivity index (χ3v) is 5.33. The molecule has 2 heterocycles. The number of amides is 2. The molecular formula is C21H19N3O5S. The molecule has 8 nitrogen and oxygen atoms in total. The van der Waals surface area contributed by atoms with Crippen LogP contribution in [0.15, 0.2) is 41.8 Å². The molecule has 1 aromatic heterocycles. The second-order valence-corrected chi connectivity index (χ2v) is 7.38. The lowest BCUT2D eigenvalue weighted by Crippen LogP contribution is -2.34. The summed E-state index contributed by atoms with van der Waals surface area (Å²) in [7, 11) is 3.05. The van der Waals surface area contributed by atoms with Crippen molar-refractivity contribution < 1.29 is 23.8 Å². The maximum atomic E-state index is 12.6. The van der Waals surface area contributed by atoms with E-state index in [0.29, 0.717) is 39.3 Å². The zero-order valence-corrected chi connectivity index (χ0v) is 17.3. The number of carbonyl (C=O) groups excluding carboxylic acids is 2. The van der Waals surface area contributed by atoms with Crippen LogP contribution in [0.3, 0.4) is 0 Å². The molecule has 0 fully saturated rings. The van der Waals surface area contributed by atoms with Gasteiger partial charge in [0.1, 0.15) is 5.75 Å². The molecule has 1 atom stereocenters. The molecule has 1 aliphatic heterocycles. The predicted molar refractivity (Wildman–Crippen MR) is 114 cm³/mol. The van der Waals surface area contributed by atoms with Crippen LogP contribution in [0.25, 0.3) is 11.3 Å². The molecule has 1 aliphatic rings. The van der Waals surface area contributed by atoms with E-state index in [1.165, 1.54) is 25.6 Å². The van der Waals surface area contributed by atoms with Gasteiger partial charge in [-0.15, -0.1) is 11.3 Å². The first-order valence-electron chi connectivity index (χ1n) is 9.09. The van der Waals surface area contributed by atoms with E-state index < -0.39 is 6.10 Å². The van der Waals surface area contributed by atoms with E-state index in [9.17, 15) is 9.59 Å². The molecule has 9 heteroatoms. The summed E-state index contributed by atoms with van der Waals surface area (Å²) in [6.45, 7) is 1.69. The van der Waals surface area contributed by atoms with Crippen LogP contribution in [0, 0.1) is 0 Å². The van der Waals surface area contributed by atoms with E-state index in [1.54, 1.807) is 37.3 Å². The van der Waals surface area contributed by atoms with Crippen LogP contribution in [0.4, 0.5) is 10.8 Å². The average molecular weight is 425 g/mol. The fraction of sp³-hybridized carbons (Fsp3) is 0.190. The topological polar surface area (TPSA) is 98.8 Å². The highest BCUT2D eigenvalue weighted by Crippen LogP contribution is 2.35. The van der Waals surface area contributed by atoms with Crippen molar-refractivity contribution in [2.24, 2.45) is 0 Å². The van der Waals surface area contributed by atoms with Gasteiger partial charge in [-0.2, -0.15) is 0 Å². The van der Waals surface area contributed by atoms with Crippen LogP contribution in [0.1, 0.15) is 17.3 Å². The summed E-state index contributed by atoms with van der Waals surface area (Å²) in [5, 5.41) is 7.90. The van der Waals surface area contributed by atoms with Gasteiger partial charge in [0, 0.05) is 16.5 Å². The minimum Gasteiger partial charge on any atom is -0.493 e. The molecule has 2 amide bonds. The standard InChI is InChI=1S/C21H19N3O5S/c1-11-19(25)22-14-8-12(4-6-16(14)29-11)15-10-30-21(23-15)24-20(26)13-5-7-17(27-2)18(9-13)28-3/h4-11H,1-3H3,(H,22,25)(H,23,24,26). The molecule has 1 unspecified atom stereocenters. The van der Waals surface area contributed by atoms with E-state index in [1.807, 2.05) is 11.4 Å². The molecule has 2 N–H and O–H groups in total. The zero-order valence-electron chi connectivity index (χ0n) is 16.5. The highest BCUT2D eigenvalue weighted by molar-refractivity contribution is 7.14. The average Bonchev–Trinajstić information content (AvgIpc) is 3.22. The van der Waals surface area contributed by atoms with Crippen LogP contribution in [0.5, 0.6) is 17.2 Å². The molecule has 0 radical (unpaired) electrons. The van der Waals surface area contributed by atoms with Gasteiger partial charge in [0.2, 0.25) is 0 Å². The SMILES string of the molecule is COc1ccc(C(=O)Nc2nc(-c3ccc4c(c3)NC(=O)C(C)O4)cs2)cc1OC. The van der Waals surface area contributed by atoms with E-state index in [4.69, 9.17) is 14.2 Å². The van der Waals surface area contributed by atoms with Crippen LogP contribution >= 0.6 is 11.3 Å². The first kappa shape index (κ1) is 19.7. The van der Waals surface area contributed by atoms with Crippen molar-refractivity contribution in [2.75, 3.05) is 24.9 Å². The first-order chi connectivity index (χ1) is 14.5. The van der Waals surface area contributed by atoms with Gasteiger partial charge in [0.15, 0.2) is 22.7 Å². The van der Waals surface area contributed by atoms with Gasteiger partial charge >= 0.3 is 0 Å². The molecule has 30 heavy (non-hydrogen) atoms. The Labute approximate surface area is 176 Å². The van der Waals surface area contributed by atoms with Gasteiger partial charge in [-0.05, 0) is 43.3 Å². The maximum absolute atomic E-state index is 12.6. The zero-order chi connectivity index (χ0) is 21.3. The lowest BCUT2D eigenvalue weighted by Gasteiger charge is -2.23. The number of thiazole rings is 1. The van der Waals surface area contributed by atoms with Crippen molar-refractivity contribution >= 4 is 34.0 Å². The number of hydrogen-bond donors (Lipinski definition) is 2. The highest BCUT2D eigenvalue weighted by Gasteiger charge is 2.24. The summed E-state index contributed by atoms with van der Waals surface area (Å²) in [6.07, 6.45) is -0.527. The van der Waals surface area contributed by atoms with Crippen molar-refractivity contribution in [1.29, 1.82) is 0 Å². The number of anilines is 2. The van der Waals surface area contributed by atoms with E-state index >= 15 is 0 Å². The molecule has 0 saturated heterocycles. The van der Waals surface area contributed by atoms with Crippen LogP contribution < -0.4 is 24.8 Å². The Balaban J connectivity index is 1.52. The fourth-order valence-corrected chi connectivity index (χ4v) is 3.69. The summed E-state index contributed by atoms with van der Waals surface area (Å²) in [4.78, 5) is 28.9. The number of benzene rings is 2. The summed E-state index contributed by atoms with van der Waals surface area (Å²) < 4.78 is 16.0. The maximum Gasteiger partial charge on any atom is 0.265 e. The molecule has 0 spiro atoms. The third kappa shape index (κ3) is 3.79. The summed E-state index contributed by atoms with van der Waals surface area (Å²) in [5.74, 6) is 1.13. The molecular weight excluding hydrogens is 406 g/mol. The molecule has 0 bridgehead atoms. The van der Waals surface area contributed by atoms with E-state index in [0.717, 1.165) is 5.56 Å². The number of methoxy groups -OCH3 is 2. The fourth-order valence-electron chi connectivity index (χ4n) is 2.98. The molecule has 2 aromatic carbocycles. The lowest BCUT2D eigenvalue weighted by atomic mass is 10.1. The third-order valence-electron chi connectivity index (χ3n) is 4.58. The Kier molecular flexibility index (Phi) is 5.28. The summed E-state index contributed by atoms with van der Waals surface area (Å²) >= 11 is 1.31. The number of ether oxygens (including phenoxy) is 3. The van der Waals surface area contributed by atoms with E-state index in [2.05, 4.69) is 15.6 Å². The molecule has 154 valence electrons. The lowest BCUT2D eigenvalue weighted by molar-refractivity contribution is -0.122. The Morgan fingerprint density at radius 2 is 1.97 bits per heavy atom. The monoisotopic (exact) mass is 425 g/mol. The van der Waals surface area contributed by atoms with Gasteiger partial charge in [0.05, 0.1) is 25.6 Å². The molecule has 4 rings (SSSR count). The highest BCUT2D eigenvalue weighted by atomic mass is 32.1. The van der Waals surface area contributed by atoms with Gasteiger partial charge < -0.3 is 19.5 Å². The van der Waals surface area contributed by atoms with Crippen molar-refractivity contribution in [3.63, 3.8) is 0 Å². The number of nitrogens with one attached hydrogen (secondary N) is 2. The Bertz CT molecular complexity index is 1130. The smallest absolute Gasteiger partial charge is 0.265 e. The van der Waals surface area contributed by atoms with Gasteiger partial charge in [-0.25, -0.2) is 4.98 Å². The van der Waals surface area contributed by atoms with Crippen molar-refractivity contribution in [2.45, 2.75) is 13.0 Å². The quantitative estimate of drug-likeness (QED) is 0.645. The second kappa shape index (κ2) is 8.03. The van der Waals surface area contributed by atoms with Crippen LogP contribution in [0.2, 0.25) is 0 Å².